The maximum absolute atomic E-state index is 14.3. The van der Waals surface area contributed by atoms with Crippen molar-refractivity contribution in [2.75, 3.05) is 120 Å². The Morgan fingerprint density at radius 2 is 1.01 bits per heavy atom. The number of hydrogen-bond acceptors (Lipinski definition) is 18. The van der Waals surface area contributed by atoms with E-state index in [1.807, 2.05) is 57.3 Å². The number of carbonyl (C=O) groups is 4. The fourth-order valence-corrected chi connectivity index (χ4v) is 10.5. The molecule has 0 saturated carbocycles. The van der Waals surface area contributed by atoms with Crippen LogP contribution in [0.15, 0.2) is 110 Å². The molecule has 92 heavy (non-hydrogen) atoms. The van der Waals surface area contributed by atoms with Crippen LogP contribution in [0.25, 0.3) is 33.1 Å². The summed E-state index contributed by atoms with van der Waals surface area (Å²) in [5, 5.41) is 27.1. The topological polar surface area (TPSA) is 251 Å². The molecular weight excluding hydrogens is 1340 g/mol. The largest absolute Gasteiger partial charge is 1.00 e. The van der Waals surface area contributed by atoms with Gasteiger partial charge in [0.25, 0.3) is 6.47 Å². The van der Waals surface area contributed by atoms with Gasteiger partial charge in [0.2, 0.25) is 17.7 Å². The van der Waals surface area contributed by atoms with Gasteiger partial charge < -0.3 is 55.2 Å². The molecule has 0 unspecified atom stereocenters. The van der Waals surface area contributed by atoms with E-state index in [1.54, 1.807) is 73.2 Å². The number of nitrogens with one attached hydrogen (secondary N) is 1. The Hall–Kier alpha value is -5.62. The number of halogens is 7. The van der Waals surface area contributed by atoms with E-state index >= 15 is 0 Å². The SMILES string of the molecule is C.COc1cc(N2CCN(C(=O)CCl)CC2)c(F)cc1Cl.COc1cc(N2CCN(C(=O)Cn3cc4cccnc4n3)CC2)c(F)cc1Cl.COc1cc(N2CCN(C(=O)Cn3ncc4cccnc43)CC2)c(F)cc1Cl.O=CO[O-].[H-].[K+].[K+].c1cnc2[nH]ncc2c1. The Kier molecular flexibility index (Phi) is 31.9. The van der Waals surface area contributed by atoms with Crippen LogP contribution in [0.4, 0.5) is 30.2 Å². The van der Waals surface area contributed by atoms with Gasteiger partial charge >= 0.3 is 103 Å². The molecule has 3 saturated heterocycles. The molecule has 3 amide bonds. The molecule has 24 nitrogen and oxygen atoms in total. The van der Waals surface area contributed by atoms with Crippen molar-refractivity contribution in [3.63, 3.8) is 0 Å². The molecular formula is C59H64Cl4F3K2N15O9. The summed E-state index contributed by atoms with van der Waals surface area (Å²) in [6, 6.07) is 19.8. The van der Waals surface area contributed by atoms with Gasteiger partial charge in [-0.05, 0) is 54.6 Å². The van der Waals surface area contributed by atoms with Gasteiger partial charge in [0, 0.05) is 138 Å². The number of ether oxygens (including phenoxy) is 3. The summed E-state index contributed by atoms with van der Waals surface area (Å²) < 4.78 is 61.3. The molecule has 9 heterocycles. The van der Waals surface area contributed by atoms with Crippen molar-refractivity contribution in [1.82, 2.24) is 59.4 Å². The average Bonchev–Trinajstić information content (AvgIpc) is 1.50. The molecule has 9 aromatic rings. The fourth-order valence-electron chi connectivity index (χ4n) is 9.69. The number of aromatic nitrogens is 9. The van der Waals surface area contributed by atoms with Crippen LogP contribution in [0.2, 0.25) is 15.1 Å². The molecule has 6 aromatic heterocycles. The van der Waals surface area contributed by atoms with Crippen LogP contribution in [0.1, 0.15) is 8.85 Å². The van der Waals surface area contributed by atoms with Gasteiger partial charge in [-0.1, -0.05) is 42.2 Å². The third-order valence-electron chi connectivity index (χ3n) is 14.3. The van der Waals surface area contributed by atoms with Crippen molar-refractivity contribution in [1.29, 1.82) is 0 Å². The van der Waals surface area contributed by atoms with E-state index in [1.165, 1.54) is 39.5 Å². The number of amides is 3. The van der Waals surface area contributed by atoms with Crippen molar-refractivity contribution >= 4 is 121 Å². The summed E-state index contributed by atoms with van der Waals surface area (Å²) in [6.45, 7) is 6.32. The molecule has 480 valence electrons. The van der Waals surface area contributed by atoms with E-state index in [-0.39, 0.29) is 170 Å². The summed E-state index contributed by atoms with van der Waals surface area (Å²) in [5.74, 6) is -0.100. The van der Waals surface area contributed by atoms with Gasteiger partial charge in [-0.15, -0.1) is 11.6 Å². The number of H-pyrrole nitrogens is 1. The van der Waals surface area contributed by atoms with Gasteiger partial charge in [0.1, 0.15) is 53.7 Å². The summed E-state index contributed by atoms with van der Waals surface area (Å²) in [7, 11) is 4.47. The van der Waals surface area contributed by atoms with Crippen LogP contribution >= 0.6 is 46.4 Å². The molecule has 0 aliphatic carbocycles. The van der Waals surface area contributed by atoms with Gasteiger partial charge in [0.05, 0.1) is 65.9 Å². The fraction of sp³-hybridized carbons (Fsp3) is 0.322. The second-order valence-electron chi connectivity index (χ2n) is 19.5. The molecule has 3 fully saturated rings. The smallest absolute Gasteiger partial charge is 1.00 e. The van der Waals surface area contributed by atoms with Crippen molar-refractivity contribution in [3.05, 3.63) is 142 Å². The zero-order valence-electron chi connectivity index (χ0n) is 51.2. The minimum Gasteiger partial charge on any atom is -1.00 e. The molecule has 12 rings (SSSR count). The number of nitrogens with zero attached hydrogens (tertiary/aromatic N) is 14. The maximum Gasteiger partial charge on any atom is 1.00 e. The van der Waals surface area contributed by atoms with E-state index < -0.39 is 17.5 Å². The van der Waals surface area contributed by atoms with Crippen LogP contribution < -0.4 is 137 Å². The average molecular weight is 1400 g/mol. The van der Waals surface area contributed by atoms with Gasteiger partial charge in [0.15, 0.2) is 16.9 Å². The molecule has 33 heteroatoms. The Bertz CT molecular complexity index is 3810. The number of anilines is 3. The minimum atomic E-state index is -0.403. The molecule has 0 atom stereocenters. The van der Waals surface area contributed by atoms with Crippen molar-refractivity contribution in [2.45, 2.75) is 20.5 Å². The number of carbonyl (C=O) groups excluding carboxylic acids is 4. The van der Waals surface area contributed by atoms with Crippen molar-refractivity contribution in [3.8, 4) is 17.2 Å². The second kappa shape index (κ2) is 38.1. The molecule has 0 spiro atoms. The summed E-state index contributed by atoms with van der Waals surface area (Å²) in [6.07, 6.45) is 10.4. The first-order valence-electron chi connectivity index (χ1n) is 27.3. The molecule has 1 N–H and O–H groups in total. The van der Waals surface area contributed by atoms with Crippen LogP contribution in [0, 0.1) is 17.5 Å². The normalized spacial score (nSPS) is 13.4. The molecule has 0 radical (unpaired) electrons. The third-order valence-corrected chi connectivity index (χ3v) is 15.4. The van der Waals surface area contributed by atoms with Crippen LogP contribution in [-0.4, -0.2) is 189 Å². The summed E-state index contributed by atoms with van der Waals surface area (Å²) in [5.41, 5.74) is 3.44. The standard InChI is InChI=1S/2C19H19ClFN5O2.C13H15Cl2FN2O2.C6H5N3.CH2O3.CH4.2K.H/c1-28-17-10-16(15(21)9-14(17)20)24-5-7-25(8-6-24)18(27)12-26-11-13-3-2-4-22-19(13)23-26;1-28-17-10-16(15(21)9-14(17)20)24-5-7-25(8-6-24)18(27)12-26-19-13(11-23-26)3-2-4-22-19;1-20-12-7-11(10(16)6-9(12)15)17-2-4-18(5-3-17)13(19)8-14;1-2-5-4-8-9-6(5)7-3-1;2-1-4-3;;;;/h2*2-4,9-11H,5-8,12H2,1H3;6-7H,2-5,8H2,1H3;1-4H,(H,7,8,9);1,3H;1H4;;;/q;;;;;;2*+1;-1/p-1. The van der Waals surface area contributed by atoms with Crippen LogP contribution in [0.3, 0.4) is 0 Å². The maximum atomic E-state index is 14.3. The number of aromatic amines is 1. The number of piperazine rings is 3. The van der Waals surface area contributed by atoms with Crippen LogP contribution in [-0.2, 0) is 37.2 Å². The summed E-state index contributed by atoms with van der Waals surface area (Å²) >= 11 is 23.3. The van der Waals surface area contributed by atoms with Crippen molar-refractivity contribution < 1.29 is 161 Å². The zero-order valence-corrected chi connectivity index (χ0v) is 59.4. The Labute approximate surface area is 634 Å². The molecule has 0 bridgehead atoms. The zero-order chi connectivity index (χ0) is 63.6. The monoisotopic (exact) mass is 1400 g/mol. The number of methoxy groups -OCH3 is 3. The van der Waals surface area contributed by atoms with E-state index in [0.717, 1.165) is 21.8 Å². The molecule has 3 aliphatic rings. The van der Waals surface area contributed by atoms with Gasteiger partial charge in [-0.25, -0.2) is 32.8 Å². The first-order valence-corrected chi connectivity index (χ1v) is 29.0. The van der Waals surface area contributed by atoms with E-state index in [4.69, 9.17) is 70.7 Å². The van der Waals surface area contributed by atoms with E-state index in [2.05, 4.69) is 40.2 Å². The second-order valence-corrected chi connectivity index (χ2v) is 21.0. The van der Waals surface area contributed by atoms with Gasteiger partial charge in [-0.3, -0.25) is 29.0 Å². The predicted molar refractivity (Wildman–Crippen MR) is 335 cm³/mol. The number of alkyl halides is 1. The van der Waals surface area contributed by atoms with E-state index in [0.29, 0.717) is 124 Å². The number of pyridine rings is 3. The minimum absolute atomic E-state index is 0. The Morgan fingerprint density at radius 3 is 1.43 bits per heavy atom. The molecule has 3 aliphatic heterocycles. The Morgan fingerprint density at radius 1 is 0.598 bits per heavy atom. The first-order chi connectivity index (χ1) is 43.1. The molecule has 3 aromatic carbocycles. The first kappa shape index (κ1) is 77.1. The summed E-state index contributed by atoms with van der Waals surface area (Å²) in [4.78, 5) is 71.4. The van der Waals surface area contributed by atoms with Gasteiger partial charge in [-0.2, -0.15) is 15.3 Å². The number of fused-ring (bicyclic) bond motifs is 3. The number of rotatable bonds is 12. The number of hydrogen-bond donors (Lipinski definition) is 1. The number of benzene rings is 3. The predicted octanol–water partition coefficient (Wildman–Crippen LogP) is 1.69. The third kappa shape index (κ3) is 20.4. The van der Waals surface area contributed by atoms with Crippen LogP contribution in [0.5, 0.6) is 17.2 Å². The Balaban J connectivity index is 0.000000268. The van der Waals surface area contributed by atoms with Crippen molar-refractivity contribution in [2.24, 2.45) is 0 Å². The van der Waals surface area contributed by atoms with E-state index in [9.17, 15) is 27.6 Å². The quantitative estimate of drug-likeness (QED) is 0.0601.